The van der Waals surface area contributed by atoms with Gasteiger partial charge < -0.3 is 16.0 Å². The molecule has 1 aromatic rings. The van der Waals surface area contributed by atoms with Gasteiger partial charge in [0.15, 0.2) is 5.69 Å². The van der Waals surface area contributed by atoms with E-state index in [1.165, 1.54) is 0 Å². The summed E-state index contributed by atoms with van der Waals surface area (Å²) in [5, 5.41) is 10.1. The normalized spacial score (nSPS) is 12.5. The number of carbonyl (C=O) groups excluding carboxylic acids is 1. The first kappa shape index (κ1) is 12.4. The first-order chi connectivity index (χ1) is 7.50. The molecule has 1 heterocycles. The second kappa shape index (κ2) is 5.41. The topological polar surface area (TPSA) is 84.1 Å². The SMILES string of the molecule is CC(CNC(=O)c1ccc(N)nn1)N(C)C. The summed E-state index contributed by atoms with van der Waals surface area (Å²) >= 11 is 0. The van der Waals surface area contributed by atoms with Gasteiger partial charge in [0.2, 0.25) is 0 Å². The molecule has 0 aliphatic rings. The number of nitrogens with two attached hydrogens (primary N) is 1. The van der Waals surface area contributed by atoms with Crippen molar-refractivity contribution in [2.24, 2.45) is 0 Å². The van der Waals surface area contributed by atoms with Crippen molar-refractivity contribution in [3.8, 4) is 0 Å². The highest BCUT2D eigenvalue weighted by atomic mass is 16.1. The average Bonchev–Trinajstić information content (AvgIpc) is 2.26. The Bertz CT molecular complexity index is 349. The molecule has 3 N–H and O–H groups in total. The third-order valence-corrected chi connectivity index (χ3v) is 2.36. The Labute approximate surface area is 94.8 Å². The molecule has 0 aliphatic heterocycles. The lowest BCUT2D eigenvalue weighted by Crippen LogP contribution is -2.38. The predicted octanol–water partition coefficient (Wildman–Crippen LogP) is -0.261. The zero-order chi connectivity index (χ0) is 12.1. The molecule has 1 atom stereocenters. The summed E-state index contributed by atoms with van der Waals surface area (Å²) in [5.41, 5.74) is 5.65. The molecule has 0 fully saturated rings. The maximum absolute atomic E-state index is 11.6. The third-order valence-electron chi connectivity index (χ3n) is 2.36. The minimum Gasteiger partial charge on any atom is -0.382 e. The molecule has 0 radical (unpaired) electrons. The van der Waals surface area contributed by atoms with Crippen molar-refractivity contribution in [1.29, 1.82) is 0 Å². The molecule has 0 spiro atoms. The average molecular weight is 223 g/mol. The van der Waals surface area contributed by atoms with Crippen LogP contribution in [-0.2, 0) is 0 Å². The number of nitrogens with zero attached hydrogens (tertiary/aromatic N) is 3. The number of hydrogen-bond donors (Lipinski definition) is 2. The maximum Gasteiger partial charge on any atom is 0.271 e. The molecule has 0 aromatic carbocycles. The second-order valence-electron chi connectivity index (χ2n) is 3.87. The van der Waals surface area contributed by atoms with Crippen LogP contribution in [0.25, 0.3) is 0 Å². The van der Waals surface area contributed by atoms with E-state index in [0.717, 1.165) is 0 Å². The van der Waals surface area contributed by atoms with E-state index in [0.29, 0.717) is 12.4 Å². The van der Waals surface area contributed by atoms with Gasteiger partial charge in [0.25, 0.3) is 5.91 Å². The van der Waals surface area contributed by atoms with Crippen LogP contribution in [0, 0.1) is 0 Å². The summed E-state index contributed by atoms with van der Waals surface area (Å²) in [6.07, 6.45) is 0. The molecule has 16 heavy (non-hydrogen) atoms. The number of amides is 1. The summed E-state index contributed by atoms with van der Waals surface area (Å²) < 4.78 is 0. The van der Waals surface area contributed by atoms with Crippen LogP contribution in [0.5, 0.6) is 0 Å². The van der Waals surface area contributed by atoms with Crippen LogP contribution < -0.4 is 11.1 Å². The van der Waals surface area contributed by atoms with Crippen LogP contribution in [-0.4, -0.2) is 47.7 Å². The molecule has 1 unspecified atom stereocenters. The van der Waals surface area contributed by atoms with Gasteiger partial charge in [-0.25, -0.2) is 0 Å². The van der Waals surface area contributed by atoms with Crippen molar-refractivity contribution in [2.45, 2.75) is 13.0 Å². The minimum atomic E-state index is -0.235. The van der Waals surface area contributed by atoms with Gasteiger partial charge in [0.1, 0.15) is 5.82 Å². The standard InChI is InChI=1S/C10H17N5O/c1-7(15(2)3)6-12-10(16)8-4-5-9(11)14-13-8/h4-5,7H,6H2,1-3H3,(H2,11,14)(H,12,16). The second-order valence-corrected chi connectivity index (χ2v) is 3.87. The van der Waals surface area contributed by atoms with E-state index in [9.17, 15) is 4.79 Å². The van der Waals surface area contributed by atoms with E-state index in [1.54, 1.807) is 12.1 Å². The number of hydrogen-bond acceptors (Lipinski definition) is 5. The molecular formula is C10H17N5O. The van der Waals surface area contributed by atoms with Crippen molar-refractivity contribution in [1.82, 2.24) is 20.4 Å². The minimum absolute atomic E-state index is 0.235. The Morgan fingerprint density at radius 3 is 2.69 bits per heavy atom. The van der Waals surface area contributed by atoms with Crippen LogP contribution in [0.4, 0.5) is 5.82 Å². The van der Waals surface area contributed by atoms with Gasteiger partial charge in [0, 0.05) is 12.6 Å². The Balaban J connectivity index is 2.50. The molecule has 88 valence electrons. The van der Waals surface area contributed by atoms with E-state index in [2.05, 4.69) is 15.5 Å². The quantitative estimate of drug-likeness (QED) is 0.734. The lowest BCUT2D eigenvalue weighted by molar-refractivity contribution is 0.0937. The molecule has 0 aliphatic carbocycles. The number of carbonyl (C=O) groups is 1. The fourth-order valence-corrected chi connectivity index (χ4v) is 0.977. The Hall–Kier alpha value is -1.69. The monoisotopic (exact) mass is 223 g/mol. The van der Waals surface area contributed by atoms with Gasteiger partial charge in [-0.1, -0.05) is 0 Å². The highest BCUT2D eigenvalue weighted by Gasteiger charge is 2.10. The van der Waals surface area contributed by atoms with Gasteiger partial charge in [0.05, 0.1) is 0 Å². The van der Waals surface area contributed by atoms with Gasteiger partial charge in [-0.05, 0) is 33.2 Å². The number of aromatic nitrogens is 2. The molecule has 1 rings (SSSR count). The summed E-state index contributed by atoms with van der Waals surface area (Å²) in [7, 11) is 3.92. The van der Waals surface area contributed by atoms with Gasteiger partial charge in [-0.2, -0.15) is 0 Å². The summed E-state index contributed by atoms with van der Waals surface area (Å²) in [6.45, 7) is 2.59. The van der Waals surface area contributed by atoms with Gasteiger partial charge in [-0.15, -0.1) is 10.2 Å². The van der Waals surface area contributed by atoms with Crippen molar-refractivity contribution >= 4 is 11.7 Å². The molecule has 0 saturated heterocycles. The summed E-state index contributed by atoms with van der Waals surface area (Å²) in [6, 6.07) is 3.38. The molecule has 6 heteroatoms. The van der Waals surface area contributed by atoms with E-state index in [-0.39, 0.29) is 17.6 Å². The maximum atomic E-state index is 11.6. The lowest BCUT2D eigenvalue weighted by atomic mass is 10.3. The highest BCUT2D eigenvalue weighted by molar-refractivity contribution is 5.92. The molecule has 0 saturated carbocycles. The molecule has 6 nitrogen and oxygen atoms in total. The molecular weight excluding hydrogens is 206 g/mol. The molecule has 0 bridgehead atoms. The summed E-state index contributed by atoms with van der Waals surface area (Å²) in [5.74, 6) is 0.0689. The van der Waals surface area contributed by atoms with Crippen molar-refractivity contribution < 1.29 is 4.79 Å². The van der Waals surface area contributed by atoms with Crippen LogP contribution in [0.15, 0.2) is 12.1 Å². The Morgan fingerprint density at radius 2 is 2.19 bits per heavy atom. The van der Waals surface area contributed by atoms with E-state index in [4.69, 9.17) is 5.73 Å². The van der Waals surface area contributed by atoms with Crippen LogP contribution in [0.1, 0.15) is 17.4 Å². The fourth-order valence-electron chi connectivity index (χ4n) is 0.977. The first-order valence-electron chi connectivity index (χ1n) is 5.04. The molecule has 1 amide bonds. The Kier molecular flexibility index (Phi) is 4.19. The number of rotatable bonds is 4. The number of nitrogens with one attached hydrogen (secondary N) is 1. The van der Waals surface area contributed by atoms with E-state index >= 15 is 0 Å². The summed E-state index contributed by atoms with van der Waals surface area (Å²) in [4.78, 5) is 13.6. The van der Waals surface area contributed by atoms with Crippen LogP contribution >= 0.6 is 0 Å². The van der Waals surface area contributed by atoms with Crippen molar-refractivity contribution in [3.63, 3.8) is 0 Å². The molecule has 1 aromatic heterocycles. The number of likely N-dealkylation sites (N-methyl/N-ethyl adjacent to an activating group) is 1. The van der Waals surface area contributed by atoms with Gasteiger partial charge >= 0.3 is 0 Å². The van der Waals surface area contributed by atoms with Crippen LogP contribution in [0.3, 0.4) is 0 Å². The highest BCUT2D eigenvalue weighted by Crippen LogP contribution is 1.97. The number of nitrogen functional groups attached to an aromatic ring is 1. The first-order valence-corrected chi connectivity index (χ1v) is 5.04. The van der Waals surface area contributed by atoms with Gasteiger partial charge in [-0.3, -0.25) is 4.79 Å². The van der Waals surface area contributed by atoms with Crippen molar-refractivity contribution in [2.75, 3.05) is 26.4 Å². The lowest BCUT2D eigenvalue weighted by Gasteiger charge is -2.19. The van der Waals surface area contributed by atoms with Crippen LogP contribution in [0.2, 0.25) is 0 Å². The van der Waals surface area contributed by atoms with Crippen molar-refractivity contribution in [3.05, 3.63) is 17.8 Å². The predicted molar refractivity (Wildman–Crippen MR) is 61.9 cm³/mol. The zero-order valence-corrected chi connectivity index (χ0v) is 9.77. The smallest absolute Gasteiger partial charge is 0.271 e. The van der Waals surface area contributed by atoms with E-state index in [1.807, 2.05) is 25.9 Å². The zero-order valence-electron chi connectivity index (χ0n) is 9.77. The Morgan fingerprint density at radius 1 is 1.50 bits per heavy atom. The number of anilines is 1. The third kappa shape index (κ3) is 3.47. The fraction of sp³-hybridized carbons (Fsp3) is 0.500. The largest absolute Gasteiger partial charge is 0.382 e. The van der Waals surface area contributed by atoms with E-state index < -0.39 is 0 Å².